The molecule has 0 spiro atoms. The van der Waals surface area contributed by atoms with Crippen LogP contribution in [0.3, 0.4) is 0 Å². The molecule has 0 bridgehead atoms. The Hall–Kier alpha value is -3.27. The second-order valence-electron chi connectivity index (χ2n) is 5.88. The Morgan fingerprint density at radius 2 is 1.86 bits per heavy atom. The number of carbonyl (C=O) groups is 1. The molecule has 10 heteroatoms. The number of anilines is 1. The van der Waals surface area contributed by atoms with Crippen molar-refractivity contribution in [3.8, 4) is 11.4 Å². The van der Waals surface area contributed by atoms with E-state index in [1.807, 2.05) is 0 Å². The van der Waals surface area contributed by atoms with Crippen LogP contribution in [0.5, 0.6) is 0 Å². The Kier molecular flexibility index (Phi) is 4.78. The van der Waals surface area contributed by atoms with Crippen molar-refractivity contribution in [1.29, 1.82) is 0 Å². The Labute approximate surface area is 160 Å². The van der Waals surface area contributed by atoms with E-state index in [1.54, 1.807) is 0 Å². The highest BCUT2D eigenvalue weighted by Gasteiger charge is 2.31. The second-order valence-corrected chi connectivity index (χ2v) is 6.63. The number of rotatable bonds is 4. The average molecular weight is 404 g/mol. The summed E-state index contributed by atoms with van der Waals surface area (Å²) in [4.78, 5) is 21.6. The van der Waals surface area contributed by atoms with E-state index in [2.05, 4.69) is 19.8 Å². The predicted molar refractivity (Wildman–Crippen MR) is 96.3 cm³/mol. The van der Waals surface area contributed by atoms with E-state index < -0.39 is 23.6 Å². The van der Waals surface area contributed by atoms with E-state index in [1.165, 1.54) is 24.3 Å². The first-order chi connectivity index (χ1) is 13.5. The SMILES string of the molecule is O=C(Nc1nc(-c2ccc(F)cc2)ns1)C1CC(c2cc(F)ccc2F)=NO1. The zero-order valence-electron chi connectivity index (χ0n) is 14.0. The first-order valence-corrected chi connectivity index (χ1v) is 8.85. The summed E-state index contributed by atoms with van der Waals surface area (Å²) < 4.78 is 44.3. The number of amides is 1. The van der Waals surface area contributed by atoms with Gasteiger partial charge in [-0.15, -0.1) is 0 Å². The minimum absolute atomic E-state index is 0.0180. The molecule has 6 nitrogen and oxygen atoms in total. The molecule has 1 aliphatic heterocycles. The number of nitrogens with one attached hydrogen (secondary N) is 1. The monoisotopic (exact) mass is 404 g/mol. The predicted octanol–water partition coefficient (Wildman–Crippen LogP) is 3.75. The van der Waals surface area contributed by atoms with Gasteiger partial charge in [0.15, 0.2) is 5.82 Å². The largest absolute Gasteiger partial charge is 0.382 e. The second kappa shape index (κ2) is 7.39. The highest BCUT2D eigenvalue weighted by Crippen LogP contribution is 2.24. The minimum atomic E-state index is -1.00. The number of nitrogens with zero attached hydrogens (tertiary/aromatic N) is 3. The van der Waals surface area contributed by atoms with Crippen LogP contribution in [-0.4, -0.2) is 27.1 Å². The highest BCUT2D eigenvalue weighted by atomic mass is 32.1. The molecular formula is C18H11F3N4O2S. The number of hydrogen-bond donors (Lipinski definition) is 1. The molecular weight excluding hydrogens is 393 g/mol. The zero-order valence-corrected chi connectivity index (χ0v) is 14.8. The van der Waals surface area contributed by atoms with Gasteiger partial charge in [-0.05, 0) is 42.5 Å². The summed E-state index contributed by atoms with van der Waals surface area (Å²) in [7, 11) is 0. The number of halogens is 3. The van der Waals surface area contributed by atoms with Crippen LogP contribution in [0.15, 0.2) is 47.6 Å². The van der Waals surface area contributed by atoms with Crippen LogP contribution in [0.25, 0.3) is 11.4 Å². The molecule has 1 aliphatic rings. The number of benzene rings is 2. The molecule has 0 radical (unpaired) electrons. The third-order valence-corrected chi connectivity index (χ3v) is 4.59. The molecule has 4 rings (SSSR count). The fraction of sp³-hybridized carbons (Fsp3) is 0.111. The lowest BCUT2D eigenvalue weighted by Crippen LogP contribution is -2.28. The van der Waals surface area contributed by atoms with Gasteiger partial charge in [-0.3, -0.25) is 10.1 Å². The van der Waals surface area contributed by atoms with Gasteiger partial charge >= 0.3 is 0 Å². The topological polar surface area (TPSA) is 76.5 Å². The van der Waals surface area contributed by atoms with Crippen molar-refractivity contribution >= 4 is 28.3 Å². The maximum Gasteiger partial charge on any atom is 0.270 e. The van der Waals surface area contributed by atoms with Crippen LogP contribution in [0.2, 0.25) is 0 Å². The molecule has 0 fully saturated rings. The van der Waals surface area contributed by atoms with Crippen molar-refractivity contribution in [1.82, 2.24) is 9.36 Å². The molecule has 1 N–H and O–H groups in total. The number of carbonyl (C=O) groups excluding carboxylic acids is 1. The lowest BCUT2D eigenvalue weighted by Gasteiger charge is -2.06. The van der Waals surface area contributed by atoms with Gasteiger partial charge in [0.05, 0.1) is 5.71 Å². The quantitative estimate of drug-likeness (QED) is 0.719. The molecule has 1 amide bonds. The van der Waals surface area contributed by atoms with E-state index in [0.29, 0.717) is 11.4 Å². The maximum absolute atomic E-state index is 13.8. The number of aromatic nitrogens is 2. The number of hydrogen-bond acceptors (Lipinski definition) is 6. The summed E-state index contributed by atoms with van der Waals surface area (Å²) in [5, 5.41) is 6.46. The lowest BCUT2D eigenvalue weighted by molar-refractivity contribution is -0.125. The minimum Gasteiger partial charge on any atom is -0.382 e. The Morgan fingerprint density at radius 1 is 1.11 bits per heavy atom. The van der Waals surface area contributed by atoms with Gasteiger partial charge in [0.1, 0.15) is 17.5 Å². The smallest absolute Gasteiger partial charge is 0.270 e. The van der Waals surface area contributed by atoms with Gasteiger partial charge in [0.25, 0.3) is 5.91 Å². The van der Waals surface area contributed by atoms with Crippen LogP contribution >= 0.6 is 11.5 Å². The normalized spacial score (nSPS) is 15.8. The molecule has 28 heavy (non-hydrogen) atoms. The summed E-state index contributed by atoms with van der Waals surface area (Å²) in [6.07, 6.45) is -1.02. The summed E-state index contributed by atoms with van der Waals surface area (Å²) >= 11 is 0.948. The molecule has 0 aliphatic carbocycles. The molecule has 2 heterocycles. The Bertz CT molecular complexity index is 1070. The van der Waals surface area contributed by atoms with Gasteiger partial charge in [-0.1, -0.05) is 5.16 Å². The van der Waals surface area contributed by atoms with E-state index in [0.717, 1.165) is 29.7 Å². The first-order valence-electron chi connectivity index (χ1n) is 8.08. The molecule has 142 valence electrons. The fourth-order valence-corrected chi connectivity index (χ4v) is 3.16. The standard InChI is InChI=1S/C18H11F3N4O2S/c19-10-3-1-9(2-4-10)16-22-18(28-25-16)23-17(26)15-8-14(24-27-15)12-7-11(20)5-6-13(12)21/h1-7,15H,8H2,(H,22,23,25,26). The molecule has 0 saturated carbocycles. The van der Waals surface area contributed by atoms with Gasteiger partial charge in [-0.2, -0.15) is 9.36 Å². The van der Waals surface area contributed by atoms with Crippen LogP contribution < -0.4 is 5.32 Å². The third-order valence-electron chi connectivity index (χ3n) is 3.96. The number of oxime groups is 1. The van der Waals surface area contributed by atoms with Gasteiger partial charge < -0.3 is 4.84 Å². The van der Waals surface area contributed by atoms with Crippen LogP contribution in [0.4, 0.5) is 18.3 Å². The first kappa shape index (κ1) is 18.1. The van der Waals surface area contributed by atoms with Crippen molar-refractivity contribution < 1.29 is 22.8 Å². The van der Waals surface area contributed by atoms with Crippen molar-refractivity contribution in [3.05, 3.63) is 65.5 Å². The van der Waals surface area contributed by atoms with Gasteiger partial charge in [0, 0.05) is 29.1 Å². The van der Waals surface area contributed by atoms with Crippen LogP contribution in [0, 0.1) is 17.5 Å². The third kappa shape index (κ3) is 3.72. The van der Waals surface area contributed by atoms with Gasteiger partial charge in [-0.25, -0.2) is 13.2 Å². The van der Waals surface area contributed by atoms with Crippen molar-refractivity contribution in [2.45, 2.75) is 12.5 Å². The van der Waals surface area contributed by atoms with Crippen LogP contribution in [-0.2, 0) is 9.63 Å². The van der Waals surface area contributed by atoms with E-state index in [4.69, 9.17) is 4.84 Å². The summed E-state index contributed by atoms with van der Waals surface area (Å²) in [5.74, 6) is -1.85. The fourth-order valence-electron chi connectivity index (χ4n) is 2.57. The Balaban J connectivity index is 1.41. The molecule has 1 aromatic heterocycles. The van der Waals surface area contributed by atoms with Gasteiger partial charge in [0.2, 0.25) is 11.2 Å². The van der Waals surface area contributed by atoms with E-state index in [9.17, 15) is 18.0 Å². The molecule has 1 unspecified atom stereocenters. The lowest BCUT2D eigenvalue weighted by atomic mass is 10.0. The molecule has 3 aromatic rings. The highest BCUT2D eigenvalue weighted by molar-refractivity contribution is 7.10. The molecule has 0 saturated heterocycles. The van der Waals surface area contributed by atoms with Crippen molar-refractivity contribution in [2.24, 2.45) is 5.16 Å². The zero-order chi connectivity index (χ0) is 19.7. The van der Waals surface area contributed by atoms with Crippen molar-refractivity contribution in [2.75, 3.05) is 5.32 Å². The maximum atomic E-state index is 13.8. The summed E-state index contributed by atoms with van der Waals surface area (Å²) in [6.45, 7) is 0. The summed E-state index contributed by atoms with van der Waals surface area (Å²) in [6, 6.07) is 8.59. The Morgan fingerprint density at radius 3 is 2.64 bits per heavy atom. The molecule has 2 aromatic carbocycles. The molecule has 1 atom stereocenters. The van der Waals surface area contributed by atoms with Crippen LogP contribution in [0.1, 0.15) is 12.0 Å². The van der Waals surface area contributed by atoms with E-state index >= 15 is 0 Å². The average Bonchev–Trinajstić information content (AvgIpc) is 3.34. The van der Waals surface area contributed by atoms with Crippen molar-refractivity contribution in [3.63, 3.8) is 0 Å². The summed E-state index contributed by atoms with van der Waals surface area (Å²) in [5.41, 5.74) is 0.689. The van der Waals surface area contributed by atoms with E-state index in [-0.39, 0.29) is 28.6 Å².